The number of alkyl halides is 3. The third-order valence-corrected chi connectivity index (χ3v) is 3.31. The first-order chi connectivity index (χ1) is 11.4. The number of nitrogens with two attached hydrogens (primary N) is 1. The molecule has 0 atom stereocenters. The maximum absolute atomic E-state index is 12.2. The van der Waals surface area contributed by atoms with Gasteiger partial charge in [-0.1, -0.05) is 19.1 Å². The molecule has 8 heteroatoms. The SMILES string of the molecule is CCc1cnc(N(CCN)Cc2ccc(OC(F)(F)F)cc2)nc1. The maximum Gasteiger partial charge on any atom is 0.573 e. The predicted molar refractivity (Wildman–Crippen MR) is 84.6 cm³/mol. The normalized spacial score (nSPS) is 11.4. The predicted octanol–water partition coefficient (Wildman–Crippen LogP) is 2.90. The Labute approximate surface area is 138 Å². The van der Waals surface area contributed by atoms with Crippen molar-refractivity contribution in [2.45, 2.75) is 26.3 Å². The van der Waals surface area contributed by atoms with E-state index >= 15 is 0 Å². The summed E-state index contributed by atoms with van der Waals surface area (Å²) in [4.78, 5) is 10.5. The lowest BCUT2D eigenvalue weighted by molar-refractivity contribution is -0.274. The van der Waals surface area contributed by atoms with Crippen molar-refractivity contribution in [2.24, 2.45) is 5.73 Å². The molecule has 2 N–H and O–H groups in total. The largest absolute Gasteiger partial charge is 0.573 e. The second-order valence-corrected chi connectivity index (χ2v) is 5.15. The zero-order valence-corrected chi connectivity index (χ0v) is 13.3. The Morgan fingerprint density at radius 2 is 1.71 bits per heavy atom. The van der Waals surface area contributed by atoms with Crippen LogP contribution in [0.1, 0.15) is 18.1 Å². The number of ether oxygens (including phenoxy) is 1. The molecule has 0 aliphatic carbocycles. The lowest BCUT2D eigenvalue weighted by atomic mass is 10.2. The van der Waals surface area contributed by atoms with E-state index in [1.165, 1.54) is 12.1 Å². The molecule has 1 aromatic carbocycles. The Morgan fingerprint density at radius 3 is 2.21 bits per heavy atom. The summed E-state index contributed by atoms with van der Waals surface area (Å²) in [6, 6.07) is 5.71. The molecular formula is C16H19F3N4O. The molecule has 0 radical (unpaired) electrons. The van der Waals surface area contributed by atoms with Gasteiger partial charge in [-0.2, -0.15) is 0 Å². The van der Waals surface area contributed by atoms with Crippen molar-refractivity contribution in [2.75, 3.05) is 18.0 Å². The van der Waals surface area contributed by atoms with Gasteiger partial charge in [0.05, 0.1) is 0 Å². The summed E-state index contributed by atoms with van der Waals surface area (Å²) in [5.74, 6) is 0.286. The zero-order valence-electron chi connectivity index (χ0n) is 13.3. The van der Waals surface area contributed by atoms with Crippen LogP contribution in [0, 0.1) is 0 Å². The molecule has 1 aromatic heterocycles. The summed E-state index contributed by atoms with van der Waals surface area (Å²) in [7, 11) is 0. The lowest BCUT2D eigenvalue weighted by Gasteiger charge is -2.22. The highest BCUT2D eigenvalue weighted by Gasteiger charge is 2.30. The number of aromatic nitrogens is 2. The molecule has 0 spiro atoms. The van der Waals surface area contributed by atoms with Gasteiger partial charge in [-0.05, 0) is 29.7 Å². The van der Waals surface area contributed by atoms with Crippen molar-refractivity contribution in [3.63, 3.8) is 0 Å². The number of hydrogen-bond acceptors (Lipinski definition) is 5. The van der Waals surface area contributed by atoms with Gasteiger partial charge in [-0.15, -0.1) is 13.2 Å². The van der Waals surface area contributed by atoms with Gasteiger partial charge in [0.1, 0.15) is 5.75 Å². The van der Waals surface area contributed by atoms with Crippen LogP contribution in [0.3, 0.4) is 0 Å². The topological polar surface area (TPSA) is 64.3 Å². The summed E-state index contributed by atoms with van der Waals surface area (Å²) >= 11 is 0. The van der Waals surface area contributed by atoms with Crippen LogP contribution < -0.4 is 15.4 Å². The second kappa shape index (κ2) is 7.96. The van der Waals surface area contributed by atoms with E-state index in [1.807, 2.05) is 11.8 Å². The van der Waals surface area contributed by atoms with Crippen LogP contribution in [-0.4, -0.2) is 29.4 Å². The molecule has 130 valence electrons. The standard InChI is InChI=1S/C16H19F3N4O/c1-2-12-9-21-15(22-10-12)23(8-7-20)11-13-3-5-14(6-4-13)24-16(17,18)19/h3-6,9-10H,2,7-8,11,20H2,1H3. The number of rotatable bonds is 7. The average Bonchev–Trinajstić information content (AvgIpc) is 2.55. The Bertz CT molecular complexity index is 629. The van der Waals surface area contributed by atoms with Crippen molar-refractivity contribution >= 4 is 5.95 Å². The maximum atomic E-state index is 12.2. The van der Waals surface area contributed by atoms with E-state index in [-0.39, 0.29) is 5.75 Å². The van der Waals surface area contributed by atoms with E-state index in [0.717, 1.165) is 17.5 Å². The minimum absolute atomic E-state index is 0.250. The number of benzene rings is 1. The molecule has 0 aliphatic heterocycles. The fraction of sp³-hybridized carbons (Fsp3) is 0.375. The van der Waals surface area contributed by atoms with Gasteiger partial charge < -0.3 is 15.4 Å². The van der Waals surface area contributed by atoms with Crippen molar-refractivity contribution < 1.29 is 17.9 Å². The molecule has 0 aliphatic rings. The summed E-state index contributed by atoms with van der Waals surface area (Å²) in [5, 5.41) is 0. The number of halogens is 3. The Kier molecular flexibility index (Phi) is 5.97. The Morgan fingerprint density at radius 1 is 1.08 bits per heavy atom. The average molecular weight is 340 g/mol. The molecule has 5 nitrogen and oxygen atoms in total. The van der Waals surface area contributed by atoms with Gasteiger partial charge in [-0.3, -0.25) is 0 Å². The molecule has 0 bridgehead atoms. The van der Waals surface area contributed by atoms with Crippen molar-refractivity contribution in [1.29, 1.82) is 0 Å². The highest BCUT2D eigenvalue weighted by Crippen LogP contribution is 2.23. The van der Waals surface area contributed by atoms with E-state index < -0.39 is 6.36 Å². The summed E-state index contributed by atoms with van der Waals surface area (Å²) < 4.78 is 40.4. The van der Waals surface area contributed by atoms with Gasteiger partial charge in [0, 0.05) is 32.0 Å². The number of aryl methyl sites for hydroxylation is 1. The quantitative estimate of drug-likeness (QED) is 0.840. The number of nitrogens with zero attached hydrogens (tertiary/aromatic N) is 3. The van der Waals surface area contributed by atoms with Crippen LogP contribution in [0.2, 0.25) is 0 Å². The van der Waals surface area contributed by atoms with Crippen molar-refractivity contribution in [3.05, 3.63) is 47.8 Å². The first-order valence-corrected chi connectivity index (χ1v) is 7.52. The van der Waals surface area contributed by atoms with Gasteiger partial charge in [0.15, 0.2) is 0 Å². The van der Waals surface area contributed by atoms with Crippen LogP contribution in [-0.2, 0) is 13.0 Å². The molecule has 0 unspecified atom stereocenters. The van der Waals surface area contributed by atoms with Gasteiger partial charge in [0.25, 0.3) is 0 Å². The third kappa shape index (κ3) is 5.38. The third-order valence-electron chi connectivity index (χ3n) is 3.31. The van der Waals surface area contributed by atoms with Gasteiger partial charge in [-0.25, -0.2) is 9.97 Å². The van der Waals surface area contributed by atoms with Gasteiger partial charge >= 0.3 is 6.36 Å². The molecule has 24 heavy (non-hydrogen) atoms. The number of anilines is 1. The Balaban J connectivity index is 2.09. The van der Waals surface area contributed by atoms with Crippen molar-refractivity contribution in [3.8, 4) is 5.75 Å². The Hall–Kier alpha value is -2.35. The fourth-order valence-corrected chi connectivity index (χ4v) is 2.12. The van der Waals surface area contributed by atoms with Crippen LogP contribution in [0.4, 0.5) is 19.1 Å². The summed E-state index contributed by atoms with van der Waals surface area (Å²) in [5.41, 5.74) is 7.46. The van der Waals surface area contributed by atoms with Gasteiger partial charge in [0.2, 0.25) is 5.95 Å². The minimum atomic E-state index is -4.69. The molecule has 0 saturated carbocycles. The molecule has 0 amide bonds. The van der Waals surface area contributed by atoms with E-state index in [1.54, 1.807) is 24.5 Å². The van der Waals surface area contributed by atoms with E-state index in [0.29, 0.717) is 25.6 Å². The molecule has 0 saturated heterocycles. The summed E-state index contributed by atoms with van der Waals surface area (Å²) in [6.07, 6.45) is -0.335. The van der Waals surface area contributed by atoms with Crippen LogP contribution >= 0.6 is 0 Å². The second-order valence-electron chi connectivity index (χ2n) is 5.15. The molecule has 2 aromatic rings. The number of hydrogen-bond donors (Lipinski definition) is 1. The highest BCUT2D eigenvalue weighted by atomic mass is 19.4. The first-order valence-electron chi connectivity index (χ1n) is 7.52. The van der Waals surface area contributed by atoms with Crippen LogP contribution in [0.5, 0.6) is 5.75 Å². The van der Waals surface area contributed by atoms with E-state index in [2.05, 4.69) is 14.7 Å². The smallest absolute Gasteiger partial charge is 0.406 e. The molecule has 2 rings (SSSR count). The van der Waals surface area contributed by atoms with Crippen molar-refractivity contribution in [1.82, 2.24) is 9.97 Å². The summed E-state index contributed by atoms with van der Waals surface area (Å²) in [6.45, 7) is 3.40. The monoisotopic (exact) mass is 340 g/mol. The highest BCUT2D eigenvalue weighted by molar-refractivity contribution is 5.34. The van der Waals surface area contributed by atoms with Crippen LogP contribution in [0.25, 0.3) is 0 Å². The van der Waals surface area contributed by atoms with E-state index in [4.69, 9.17) is 5.73 Å². The molecular weight excluding hydrogens is 321 g/mol. The fourth-order valence-electron chi connectivity index (χ4n) is 2.12. The lowest BCUT2D eigenvalue weighted by Crippen LogP contribution is -2.30. The molecule has 1 heterocycles. The van der Waals surface area contributed by atoms with Crippen LogP contribution in [0.15, 0.2) is 36.7 Å². The molecule has 0 fully saturated rings. The first kappa shape index (κ1) is 18.0. The minimum Gasteiger partial charge on any atom is -0.406 e. The zero-order chi connectivity index (χ0) is 17.6. The van der Waals surface area contributed by atoms with E-state index in [9.17, 15) is 13.2 Å².